The molecule has 152 valence electrons. The second kappa shape index (κ2) is 12.8. The smallest absolute Gasteiger partial charge is 0.0308 e. The highest BCUT2D eigenvalue weighted by Gasteiger charge is 2.20. The van der Waals surface area contributed by atoms with Crippen LogP contribution in [0.4, 0.5) is 0 Å². The average molecular weight is 369 g/mol. The Hall–Kier alpha value is -1.56. The SMILES string of the molecule is CCC(CC)(CC)CC.Cc1ccc(C)c(C)c1.Cc1cccc(C)c1C. The van der Waals surface area contributed by atoms with Crippen molar-refractivity contribution in [2.24, 2.45) is 5.41 Å². The summed E-state index contributed by atoms with van der Waals surface area (Å²) < 4.78 is 0. The molecule has 0 nitrogen and oxygen atoms in total. The lowest BCUT2D eigenvalue weighted by Crippen LogP contribution is -2.15. The zero-order valence-corrected chi connectivity index (χ0v) is 19.8. The van der Waals surface area contributed by atoms with Gasteiger partial charge < -0.3 is 0 Å². The molecule has 0 amide bonds. The summed E-state index contributed by atoms with van der Waals surface area (Å²) in [4.78, 5) is 0. The van der Waals surface area contributed by atoms with Gasteiger partial charge >= 0.3 is 0 Å². The average Bonchev–Trinajstić information content (AvgIpc) is 2.66. The number of hydrogen-bond acceptors (Lipinski definition) is 0. The van der Waals surface area contributed by atoms with Crippen molar-refractivity contribution in [3.8, 4) is 0 Å². The third kappa shape index (κ3) is 8.78. The third-order valence-corrected chi connectivity index (χ3v) is 6.54. The summed E-state index contributed by atoms with van der Waals surface area (Å²) in [5.74, 6) is 0. The molecule has 0 radical (unpaired) electrons. The molecule has 0 aliphatic heterocycles. The van der Waals surface area contributed by atoms with Crippen LogP contribution < -0.4 is 0 Å². The van der Waals surface area contributed by atoms with E-state index in [0.29, 0.717) is 5.41 Å². The molecule has 2 aromatic carbocycles. The third-order valence-electron chi connectivity index (χ3n) is 6.54. The zero-order chi connectivity index (χ0) is 21.0. The first-order chi connectivity index (χ1) is 12.7. The van der Waals surface area contributed by atoms with Gasteiger partial charge in [-0.1, -0.05) is 95.3 Å². The fourth-order valence-corrected chi connectivity index (χ4v) is 3.29. The second-order valence-corrected chi connectivity index (χ2v) is 8.02. The van der Waals surface area contributed by atoms with Gasteiger partial charge in [0, 0.05) is 0 Å². The van der Waals surface area contributed by atoms with Gasteiger partial charge in [-0.2, -0.15) is 0 Å². The fraction of sp³-hybridized carbons (Fsp3) is 0.556. The molecular formula is C27H44. The van der Waals surface area contributed by atoms with Crippen molar-refractivity contribution in [3.63, 3.8) is 0 Å². The monoisotopic (exact) mass is 368 g/mol. The Bertz CT molecular complexity index is 622. The number of benzene rings is 2. The Kier molecular flexibility index (Phi) is 12.0. The molecule has 0 heterocycles. The van der Waals surface area contributed by atoms with Crippen LogP contribution in [0.5, 0.6) is 0 Å². The predicted molar refractivity (Wildman–Crippen MR) is 125 cm³/mol. The highest BCUT2D eigenvalue weighted by molar-refractivity contribution is 5.31. The second-order valence-electron chi connectivity index (χ2n) is 8.02. The van der Waals surface area contributed by atoms with Gasteiger partial charge in [-0.15, -0.1) is 0 Å². The van der Waals surface area contributed by atoms with Crippen molar-refractivity contribution in [1.82, 2.24) is 0 Å². The minimum absolute atomic E-state index is 0.667. The van der Waals surface area contributed by atoms with E-state index in [1.54, 1.807) is 0 Å². The van der Waals surface area contributed by atoms with Crippen LogP contribution in [0, 0.1) is 47.0 Å². The molecule has 0 N–H and O–H groups in total. The van der Waals surface area contributed by atoms with E-state index in [-0.39, 0.29) is 0 Å². The molecule has 0 atom stereocenters. The molecule has 0 bridgehead atoms. The van der Waals surface area contributed by atoms with Crippen LogP contribution in [0.2, 0.25) is 0 Å². The Morgan fingerprint density at radius 3 is 1.26 bits per heavy atom. The van der Waals surface area contributed by atoms with E-state index < -0.39 is 0 Å². The quantitative estimate of drug-likeness (QED) is 0.505. The van der Waals surface area contributed by atoms with Crippen LogP contribution in [0.15, 0.2) is 36.4 Å². The van der Waals surface area contributed by atoms with E-state index in [1.807, 2.05) is 0 Å². The maximum absolute atomic E-state index is 2.30. The van der Waals surface area contributed by atoms with Crippen molar-refractivity contribution in [1.29, 1.82) is 0 Å². The lowest BCUT2D eigenvalue weighted by atomic mass is 9.78. The van der Waals surface area contributed by atoms with Gasteiger partial charge in [-0.3, -0.25) is 0 Å². The van der Waals surface area contributed by atoms with Crippen LogP contribution in [0.3, 0.4) is 0 Å². The molecule has 2 aromatic rings. The van der Waals surface area contributed by atoms with Crippen molar-refractivity contribution in [3.05, 3.63) is 69.8 Å². The summed E-state index contributed by atoms with van der Waals surface area (Å²) in [7, 11) is 0. The summed E-state index contributed by atoms with van der Waals surface area (Å²) in [6.45, 7) is 22.0. The van der Waals surface area contributed by atoms with E-state index in [0.717, 1.165) is 0 Å². The van der Waals surface area contributed by atoms with E-state index >= 15 is 0 Å². The van der Waals surface area contributed by atoms with E-state index in [1.165, 1.54) is 59.1 Å². The van der Waals surface area contributed by atoms with E-state index in [2.05, 4.69) is 106 Å². The lowest BCUT2D eigenvalue weighted by molar-refractivity contribution is 0.240. The van der Waals surface area contributed by atoms with Crippen LogP contribution in [0.25, 0.3) is 0 Å². The molecule has 0 spiro atoms. The van der Waals surface area contributed by atoms with E-state index in [9.17, 15) is 0 Å². The molecule has 0 aliphatic carbocycles. The molecule has 0 aliphatic rings. The van der Waals surface area contributed by atoms with Crippen LogP contribution in [0.1, 0.15) is 86.8 Å². The van der Waals surface area contributed by atoms with Gasteiger partial charge in [0.1, 0.15) is 0 Å². The maximum Gasteiger partial charge on any atom is -0.0308 e. The van der Waals surface area contributed by atoms with Crippen LogP contribution in [-0.2, 0) is 0 Å². The Labute approximate surface area is 170 Å². The molecule has 0 saturated heterocycles. The highest BCUT2D eigenvalue weighted by atomic mass is 14.3. The minimum atomic E-state index is 0.667. The number of rotatable bonds is 4. The minimum Gasteiger partial charge on any atom is -0.0649 e. The molecule has 0 unspecified atom stereocenters. The summed E-state index contributed by atoms with van der Waals surface area (Å²) in [6.07, 6.45) is 5.38. The van der Waals surface area contributed by atoms with Gasteiger partial charge in [0.2, 0.25) is 0 Å². The summed E-state index contributed by atoms with van der Waals surface area (Å²) in [5, 5.41) is 0. The first-order valence-electron chi connectivity index (χ1n) is 10.7. The molecule has 0 heteroatoms. The lowest BCUT2D eigenvalue weighted by Gasteiger charge is -2.28. The Morgan fingerprint density at radius 1 is 0.556 bits per heavy atom. The van der Waals surface area contributed by atoms with Gasteiger partial charge in [-0.05, 0) is 74.8 Å². The van der Waals surface area contributed by atoms with E-state index in [4.69, 9.17) is 0 Å². The molecule has 0 aromatic heterocycles. The molecular weight excluding hydrogens is 324 g/mol. The fourth-order valence-electron chi connectivity index (χ4n) is 3.29. The summed E-state index contributed by atoms with van der Waals surface area (Å²) in [6, 6.07) is 12.9. The standard InChI is InChI=1S/2C9H12.C9H20/c1-7-4-5-8(2)9(3)6-7;1-7-5-4-6-8(2)9(7)3;1-5-9(6-2,7-3)8-4/h2*4-6H,1-3H3;5-8H2,1-4H3. The topological polar surface area (TPSA) is 0 Å². The summed E-state index contributed by atoms with van der Waals surface area (Å²) in [5.41, 5.74) is 8.95. The van der Waals surface area contributed by atoms with Gasteiger partial charge in [0.25, 0.3) is 0 Å². The zero-order valence-electron chi connectivity index (χ0n) is 19.8. The highest BCUT2D eigenvalue weighted by Crippen LogP contribution is 2.33. The van der Waals surface area contributed by atoms with Crippen molar-refractivity contribution in [2.75, 3.05) is 0 Å². The normalized spacial score (nSPS) is 10.4. The van der Waals surface area contributed by atoms with Gasteiger partial charge in [0.15, 0.2) is 0 Å². The van der Waals surface area contributed by atoms with Crippen molar-refractivity contribution in [2.45, 2.75) is 94.9 Å². The van der Waals surface area contributed by atoms with Gasteiger partial charge in [-0.25, -0.2) is 0 Å². The predicted octanol–water partition coefficient (Wildman–Crippen LogP) is 8.84. The molecule has 2 rings (SSSR count). The van der Waals surface area contributed by atoms with Crippen LogP contribution >= 0.6 is 0 Å². The van der Waals surface area contributed by atoms with Crippen molar-refractivity contribution < 1.29 is 0 Å². The molecule has 0 fully saturated rings. The Balaban J connectivity index is 0.000000376. The largest absolute Gasteiger partial charge is 0.0649 e. The molecule has 0 saturated carbocycles. The first-order valence-corrected chi connectivity index (χ1v) is 10.7. The maximum atomic E-state index is 2.30. The van der Waals surface area contributed by atoms with Gasteiger partial charge in [0.05, 0.1) is 0 Å². The first kappa shape index (κ1) is 25.4. The van der Waals surface area contributed by atoms with Crippen molar-refractivity contribution >= 4 is 0 Å². The number of aryl methyl sites for hydroxylation is 5. The number of hydrogen-bond donors (Lipinski definition) is 0. The van der Waals surface area contributed by atoms with Crippen LogP contribution in [-0.4, -0.2) is 0 Å². The summed E-state index contributed by atoms with van der Waals surface area (Å²) >= 11 is 0. The Morgan fingerprint density at radius 2 is 1.00 bits per heavy atom. The molecule has 27 heavy (non-hydrogen) atoms.